The summed E-state index contributed by atoms with van der Waals surface area (Å²) in [7, 11) is 0. The first kappa shape index (κ1) is 13.3. The fourth-order valence-electron chi connectivity index (χ4n) is 2.12. The van der Waals surface area contributed by atoms with Gasteiger partial charge in [0.2, 0.25) is 5.91 Å². The highest BCUT2D eigenvalue weighted by atomic mass is 16.1. The third-order valence-electron chi connectivity index (χ3n) is 3.11. The lowest BCUT2D eigenvalue weighted by Gasteiger charge is -2.16. The standard InChI is InChI=1S/C16H18N2O/c1-3-16(18-12(2)19)15-6-4-13(5-7-15)14-8-10-17-11-9-14/h4-11,16H,3H2,1-2H3,(H,18,19). The highest BCUT2D eigenvalue weighted by Crippen LogP contribution is 2.22. The monoisotopic (exact) mass is 254 g/mol. The minimum atomic E-state index is 0.00469. The van der Waals surface area contributed by atoms with Crippen molar-refractivity contribution in [1.82, 2.24) is 10.3 Å². The quantitative estimate of drug-likeness (QED) is 0.909. The van der Waals surface area contributed by atoms with Gasteiger partial charge in [-0.05, 0) is 35.2 Å². The van der Waals surface area contributed by atoms with Crippen LogP contribution in [0.25, 0.3) is 11.1 Å². The Morgan fingerprint density at radius 3 is 2.21 bits per heavy atom. The second kappa shape index (κ2) is 6.14. The van der Waals surface area contributed by atoms with Crippen LogP contribution in [0.4, 0.5) is 0 Å². The zero-order valence-electron chi connectivity index (χ0n) is 11.3. The number of pyridine rings is 1. The van der Waals surface area contributed by atoms with Crippen molar-refractivity contribution in [2.75, 3.05) is 0 Å². The van der Waals surface area contributed by atoms with E-state index in [1.165, 1.54) is 0 Å². The Labute approximate surface area is 113 Å². The van der Waals surface area contributed by atoms with E-state index in [1.54, 1.807) is 19.3 Å². The average Bonchev–Trinajstić information content (AvgIpc) is 2.46. The highest BCUT2D eigenvalue weighted by Gasteiger charge is 2.10. The van der Waals surface area contributed by atoms with Crippen LogP contribution in [-0.4, -0.2) is 10.9 Å². The lowest BCUT2D eigenvalue weighted by atomic mass is 10.00. The number of aromatic nitrogens is 1. The second-order valence-electron chi connectivity index (χ2n) is 4.52. The molecule has 0 spiro atoms. The van der Waals surface area contributed by atoms with Gasteiger partial charge in [0.05, 0.1) is 6.04 Å². The Hall–Kier alpha value is -2.16. The van der Waals surface area contributed by atoms with Gasteiger partial charge in [0, 0.05) is 19.3 Å². The molecule has 1 atom stereocenters. The predicted octanol–water partition coefficient (Wildman–Crippen LogP) is 3.34. The Kier molecular flexibility index (Phi) is 4.29. The van der Waals surface area contributed by atoms with E-state index in [2.05, 4.69) is 41.5 Å². The molecule has 0 aliphatic rings. The van der Waals surface area contributed by atoms with Gasteiger partial charge in [-0.2, -0.15) is 0 Å². The Bertz CT molecular complexity index is 534. The molecule has 1 heterocycles. The van der Waals surface area contributed by atoms with Crippen molar-refractivity contribution in [3.05, 3.63) is 54.4 Å². The number of hydrogen-bond donors (Lipinski definition) is 1. The van der Waals surface area contributed by atoms with Crippen molar-refractivity contribution in [1.29, 1.82) is 0 Å². The highest BCUT2D eigenvalue weighted by molar-refractivity contribution is 5.73. The average molecular weight is 254 g/mol. The van der Waals surface area contributed by atoms with Crippen molar-refractivity contribution in [3.63, 3.8) is 0 Å². The fraction of sp³-hybridized carbons (Fsp3) is 0.250. The number of nitrogens with zero attached hydrogens (tertiary/aromatic N) is 1. The van der Waals surface area contributed by atoms with Crippen molar-refractivity contribution in [3.8, 4) is 11.1 Å². The molecule has 0 aliphatic carbocycles. The number of nitrogens with one attached hydrogen (secondary N) is 1. The van der Waals surface area contributed by atoms with Gasteiger partial charge < -0.3 is 5.32 Å². The molecule has 98 valence electrons. The molecule has 0 fully saturated rings. The van der Waals surface area contributed by atoms with Gasteiger partial charge in [0.1, 0.15) is 0 Å². The lowest BCUT2D eigenvalue weighted by Crippen LogP contribution is -2.25. The van der Waals surface area contributed by atoms with Crippen LogP contribution < -0.4 is 5.32 Å². The molecule has 2 aromatic rings. The lowest BCUT2D eigenvalue weighted by molar-refractivity contribution is -0.119. The smallest absolute Gasteiger partial charge is 0.217 e. The van der Waals surface area contributed by atoms with Gasteiger partial charge in [0.25, 0.3) is 0 Å². The fourth-order valence-corrected chi connectivity index (χ4v) is 2.12. The van der Waals surface area contributed by atoms with E-state index < -0.39 is 0 Å². The van der Waals surface area contributed by atoms with Gasteiger partial charge in [0.15, 0.2) is 0 Å². The van der Waals surface area contributed by atoms with Gasteiger partial charge >= 0.3 is 0 Å². The summed E-state index contributed by atoms with van der Waals surface area (Å²) in [5.41, 5.74) is 3.44. The third kappa shape index (κ3) is 3.41. The van der Waals surface area contributed by atoms with Gasteiger partial charge in [-0.3, -0.25) is 9.78 Å². The largest absolute Gasteiger partial charge is 0.350 e. The van der Waals surface area contributed by atoms with Crippen LogP contribution in [0.5, 0.6) is 0 Å². The van der Waals surface area contributed by atoms with Crippen LogP contribution in [0, 0.1) is 0 Å². The van der Waals surface area contributed by atoms with Gasteiger partial charge in [-0.25, -0.2) is 0 Å². The topological polar surface area (TPSA) is 42.0 Å². The molecular formula is C16H18N2O. The second-order valence-corrected chi connectivity index (χ2v) is 4.52. The summed E-state index contributed by atoms with van der Waals surface area (Å²) >= 11 is 0. The number of carbonyl (C=O) groups is 1. The molecule has 0 saturated carbocycles. The van der Waals surface area contributed by atoms with Crippen LogP contribution in [0.1, 0.15) is 31.9 Å². The number of rotatable bonds is 4. The van der Waals surface area contributed by atoms with Crippen molar-refractivity contribution in [2.45, 2.75) is 26.3 Å². The van der Waals surface area contributed by atoms with Crippen LogP contribution in [0.3, 0.4) is 0 Å². The molecule has 1 aromatic heterocycles. The normalized spacial score (nSPS) is 11.9. The molecule has 0 radical (unpaired) electrons. The SMILES string of the molecule is CCC(NC(C)=O)c1ccc(-c2ccncc2)cc1. The molecule has 1 amide bonds. The zero-order valence-corrected chi connectivity index (χ0v) is 11.3. The number of hydrogen-bond acceptors (Lipinski definition) is 2. The molecule has 0 bridgehead atoms. The zero-order chi connectivity index (χ0) is 13.7. The summed E-state index contributed by atoms with van der Waals surface area (Å²) in [6.07, 6.45) is 4.46. The first-order valence-corrected chi connectivity index (χ1v) is 6.48. The van der Waals surface area contributed by atoms with Crippen molar-refractivity contribution >= 4 is 5.91 Å². The number of carbonyl (C=O) groups excluding carboxylic acids is 1. The molecule has 1 N–H and O–H groups in total. The van der Waals surface area contributed by atoms with Gasteiger partial charge in [-0.15, -0.1) is 0 Å². The molecule has 19 heavy (non-hydrogen) atoms. The first-order valence-electron chi connectivity index (χ1n) is 6.48. The molecular weight excluding hydrogens is 236 g/mol. The molecule has 0 aliphatic heterocycles. The minimum absolute atomic E-state index is 0.00469. The van der Waals surface area contributed by atoms with E-state index in [4.69, 9.17) is 0 Å². The van der Waals surface area contributed by atoms with Gasteiger partial charge in [-0.1, -0.05) is 31.2 Å². The summed E-state index contributed by atoms with van der Waals surface area (Å²) < 4.78 is 0. The molecule has 1 aromatic carbocycles. The van der Waals surface area contributed by atoms with Crippen LogP contribution in [-0.2, 0) is 4.79 Å². The summed E-state index contributed by atoms with van der Waals surface area (Å²) in [6.45, 7) is 3.62. The first-order chi connectivity index (χ1) is 9.20. The number of amides is 1. The summed E-state index contributed by atoms with van der Waals surface area (Å²) in [5, 5.41) is 2.96. The van der Waals surface area contributed by atoms with E-state index >= 15 is 0 Å². The van der Waals surface area contributed by atoms with E-state index in [0.717, 1.165) is 23.1 Å². The maximum Gasteiger partial charge on any atom is 0.217 e. The molecule has 3 nitrogen and oxygen atoms in total. The van der Waals surface area contributed by atoms with E-state index in [9.17, 15) is 4.79 Å². The summed E-state index contributed by atoms with van der Waals surface area (Å²) in [5.74, 6) is 0.00469. The predicted molar refractivity (Wildman–Crippen MR) is 76.5 cm³/mol. The van der Waals surface area contributed by atoms with Crippen molar-refractivity contribution < 1.29 is 4.79 Å². The minimum Gasteiger partial charge on any atom is -0.350 e. The Balaban J connectivity index is 2.20. The Morgan fingerprint density at radius 1 is 1.11 bits per heavy atom. The summed E-state index contributed by atoms with van der Waals surface area (Å²) in [6, 6.07) is 12.4. The molecule has 1 unspecified atom stereocenters. The maximum atomic E-state index is 11.2. The van der Waals surface area contributed by atoms with Crippen molar-refractivity contribution in [2.24, 2.45) is 0 Å². The van der Waals surface area contributed by atoms with Crippen LogP contribution in [0.15, 0.2) is 48.8 Å². The Morgan fingerprint density at radius 2 is 1.68 bits per heavy atom. The van der Waals surface area contributed by atoms with Crippen LogP contribution >= 0.6 is 0 Å². The van der Waals surface area contributed by atoms with E-state index in [-0.39, 0.29) is 11.9 Å². The molecule has 0 saturated heterocycles. The molecule has 2 rings (SSSR count). The third-order valence-corrected chi connectivity index (χ3v) is 3.11. The summed E-state index contributed by atoms with van der Waals surface area (Å²) in [4.78, 5) is 15.2. The molecule has 3 heteroatoms. The van der Waals surface area contributed by atoms with E-state index in [1.807, 2.05) is 12.1 Å². The van der Waals surface area contributed by atoms with Crippen LogP contribution in [0.2, 0.25) is 0 Å². The maximum absolute atomic E-state index is 11.2. The number of benzene rings is 1. The van der Waals surface area contributed by atoms with E-state index in [0.29, 0.717) is 0 Å².